The molecule has 4 aliphatic rings. The lowest BCUT2D eigenvalue weighted by atomic mass is 8.68. The Hall–Kier alpha value is -6.90. The second kappa shape index (κ2) is 33.4. The van der Waals surface area contributed by atoms with E-state index in [1.165, 1.54) is 79.6 Å². The van der Waals surface area contributed by atoms with Gasteiger partial charge in [0, 0.05) is 163 Å². The van der Waals surface area contributed by atoms with Gasteiger partial charge in [0.25, 0.3) is 0 Å². The highest BCUT2D eigenvalue weighted by Gasteiger charge is 2.39. The van der Waals surface area contributed by atoms with Crippen LogP contribution in [0.2, 0.25) is 15.3 Å². The second-order valence-corrected chi connectivity index (χ2v) is 21.7. The molecule has 2 aromatic carbocycles. The van der Waals surface area contributed by atoms with Gasteiger partial charge in [-0.25, -0.2) is 57.9 Å². The highest BCUT2D eigenvalue weighted by molar-refractivity contribution is 7.89. The second-order valence-electron chi connectivity index (χ2n) is 18.8. The SMILES string of the molecule is CF.COC(=O)C1=C(C2CCN(c3ncc(C(=O)O)cn3)CC2)NC(c2nccs2)=NC1c1ccc(F)cc1Cl.COC(=O)C1=C(C2CCNCC2)NC(c2nccs2)=NC1c1ccc(F)cc1Cl.O=C(O)c1cnc(Cl)nc1.[B]B([B])B([B])B([B])[B]. The Labute approximate surface area is 529 Å². The van der Waals surface area contributed by atoms with Crippen LogP contribution in [0.1, 0.15) is 79.6 Å². The first kappa shape index (κ1) is 69.2. The van der Waals surface area contributed by atoms with Crippen molar-refractivity contribution in [1.82, 2.24) is 45.9 Å². The monoisotopic (exact) mass is 1270 g/mol. The molecule has 4 aromatic heterocycles. The van der Waals surface area contributed by atoms with Gasteiger partial charge in [0.1, 0.15) is 23.7 Å². The molecule has 0 saturated carbocycles. The van der Waals surface area contributed by atoms with Gasteiger partial charge in [-0.05, 0) is 74.6 Å². The normalized spacial score (nSPS) is 16.5. The van der Waals surface area contributed by atoms with Gasteiger partial charge in [-0.2, -0.15) is 0 Å². The summed E-state index contributed by atoms with van der Waals surface area (Å²) < 4.78 is 47.3. The van der Waals surface area contributed by atoms with E-state index in [2.05, 4.69) is 45.9 Å². The van der Waals surface area contributed by atoms with Crippen molar-refractivity contribution in [1.29, 1.82) is 0 Å². The summed E-state index contributed by atoms with van der Waals surface area (Å²) in [7, 11) is 28.9. The minimum atomic E-state index is -1.09. The van der Waals surface area contributed by atoms with E-state index in [1.54, 1.807) is 18.5 Å². The van der Waals surface area contributed by atoms with Gasteiger partial charge in [0.2, 0.25) is 11.2 Å². The molecule has 4 aliphatic heterocycles. The van der Waals surface area contributed by atoms with Crippen LogP contribution in [0.3, 0.4) is 0 Å². The summed E-state index contributed by atoms with van der Waals surface area (Å²) in [5.41, 5.74) is 3.23. The molecule has 36 heteroatoms. The van der Waals surface area contributed by atoms with Crippen molar-refractivity contribution in [2.75, 3.05) is 52.5 Å². The number of halogens is 6. The largest absolute Gasteiger partial charge is 0.478 e. The van der Waals surface area contributed by atoms with Crippen LogP contribution in [0.15, 0.2) is 117 Å². The fourth-order valence-electron chi connectivity index (χ4n) is 8.99. The molecular formula is C51H48B8Cl3F3N12O8S2. The van der Waals surface area contributed by atoms with Crippen LogP contribution in [0.5, 0.6) is 0 Å². The lowest BCUT2D eigenvalue weighted by molar-refractivity contribution is -0.137. The number of methoxy groups -OCH3 is 2. The van der Waals surface area contributed by atoms with Crippen LogP contribution in [0.4, 0.5) is 19.1 Å². The standard InChI is InChI=1S/C25H22ClFN6O4S.C20H20ClFN4O2S.C5H3ClN2O2.CH3F.B8/c1-37-24(36)18-19(13-4-7-33(8-5-13)25-29-11-14(12-30-25)23(34)35)31-21(22-28-6-9-38-22)32-20(18)16-3-2-15(27)10-17(16)26;1-28-20(27)15-16(11-4-6-23-7-5-11)25-18(19-24-8-9-29-19)26-17(15)13-3-2-12(22)10-14(13)21;6-5-7-1-3(2-8-5)4(9)10;1-2;1-6(2)8(5)7(3)4/h2-3,6,9-13,20H,4-5,7-8H2,1H3,(H,31,32)(H,34,35);2-3,8-11,17,23H,4-7H2,1H3,(H,25,26);1-2H,(H,9,10);1H3;. The quantitative estimate of drug-likeness (QED) is 0.0529. The Kier molecular flexibility index (Phi) is 26.6. The Morgan fingerprint density at radius 2 is 1.03 bits per heavy atom. The average Bonchev–Trinajstić information content (AvgIpc) is 1.74. The predicted molar refractivity (Wildman–Crippen MR) is 337 cm³/mol. The minimum absolute atomic E-state index is 0.0161. The smallest absolute Gasteiger partial charge is 0.338 e. The summed E-state index contributed by atoms with van der Waals surface area (Å²) in [6.07, 6.45) is 9.48. The molecule has 0 aliphatic carbocycles. The number of aromatic carboxylic acids is 2. The minimum Gasteiger partial charge on any atom is -0.478 e. The van der Waals surface area contributed by atoms with Crippen molar-refractivity contribution < 1.29 is 52.0 Å². The van der Waals surface area contributed by atoms with Crippen LogP contribution in [-0.2, 0) is 19.1 Å². The zero-order chi connectivity index (χ0) is 63.5. The van der Waals surface area contributed by atoms with Crippen LogP contribution in [0, 0.1) is 23.5 Å². The van der Waals surface area contributed by atoms with E-state index < -0.39 is 66.8 Å². The number of allylic oxidation sites excluding steroid dienone is 2. The van der Waals surface area contributed by atoms with Gasteiger partial charge >= 0.3 is 23.9 Å². The molecule has 6 aromatic rings. The fraction of sp³-hybridized carbons (Fsp3) is 0.294. The van der Waals surface area contributed by atoms with Gasteiger partial charge < -0.3 is 40.5 Å². The maximum Gasteiger partial charge on any atom is 0.338 e. The van der Waals surface area contributed by atoms with E-state index in [0.29, 0.717) is 88.7 Å². The van der Waals surface area contributed by atoms with Crippen LogP contribution >= 0.6 is 57.5 Å². The van der Waals surface area contributed by atoms with E-state index in [0.717, 1.165) is 44.0 Å². The average molecular weight is 1270 g/mol. The number of alkyl halides is 1. The van der Waals surface area contributed by atoms with Crippen LogP contribution in [-0.4, -0.2) is 181 Å². The van der Waals surface area contributed by atoms with Crippen molar-refractivity contribution in [3.05, 3.63) is 166 Å². The lowest BCUT2D eigenvalue weighted by Gasteiger charge is -2.36. The molecule has 87 heavy (non-hydrogen) atoms. The summed E-state index contributed by atoms with van der Waals surface area (Å²) in [4.78, 5) is 82.8. The van der Waals surface area contributed by atoms with Crippen molar-refractivity contribution in [3.8, 4) is 0 Å². The number of piperidine rings is 2. The maximum atomic E-state index is 13.9. The number of hydrogen-bond donors (Lipinski definition) is 5. The first-order chi connectivity index (χ1) is 41.7. The number of anilines is 1. The molecule has 10 radical (unpaired) electrons. The van der Waals surface area contributed by atoms with Gasteiger partial charge in [0.05, 0.1) is 43.7 Å². The van der Waals surface area contributed by atoms with E-state index >= 15 is 0 Å². The van der Waals surface area contributed by atoms with E-state index in [-0.39, 0.29) is 38.3 Å². The number of ether oxygens (including phenoxy) is 2. The van der Waals surface area contributed by atoms with E-state index in [1.807, 2.05) is 15.7 Å². The number of thiazole rings is 2. The molecule has 0 spiro atoms. The zero-order valence-electron chi connectivity index (χ0n) is 46.6. The van der Waals surface area contributed by atoms with Crippen LogP contribution in [0.25, 0.3) is 0 Å². The number of aromatic nitrogens is 6. The summed E-state index contributed by atoms with van der Waals surface area (Å²) >= 11 is 20.9. The van der Waals surface area contributed by atoms with Crippen LogP contribution < -0.4 is 20.9 Å². The predicted octanol–water partition coefficient (Wildman–Crippen LogP) is 5.68. The summed E-state index contributed by atoms with van der Waals surface area (Å²) in [6.45, 7) is 2.86. The number of carboxylic acid groups (broad SMARTS) is 2. The third-order valence-corrected chi connectivity index (χ3v) is 15.7. The third-order valence-electron chi connectivity index (χ3n) is 13.3. The number of nitrogens with zero attached hydrogens (tertiary/aromatic N) is 9. The number of carbonyl (C=O) groups excluding carboxylic acids is 2. The molecule has 2 atom stereocenters. The van der Waals surface area contributed by atoms with Crippen molar-refractivity contribution in [3.63, 3.8) is 0 Å². The van der Waals surface area contributed by atoms with Gasteiger partial charge in [-0.15, -0.1) is 22.7 Å². The summed E-state index contributed by atoms with van der Waals surface area (Å²) in [6, 6.07) is 6.59. The van der Waals surface area contributed by atoms with E-state index in [9.17, 15) is 32.3 Å². The molecule has 8 heterocycles. The third kappa shape index (κ3) is 18.6. The molecule has 2 unspecified atom stereocenters. The number of rotatable bonds is 13. The number of amidine groups is 2. The Morgan fingerprint density at radius 3 is 1.38 bits per heavy atom. The Bertz CT molecular complexity index is 3450. The molecule has 2 saturated heterocycles. The van der Waals surface area contributed by atoms with Gasteiger partial charge in [0.15, 0.2) is 21.7 Å². The maximum absolute atomic E-state index is 13.9. The molecule has 10 rings (SSSR count). The number of benzene rings is 2. The lowest BCUT2D eigenvalue weighted by Crippen LogP contribution is -2.52. The van der Waals surface area contributed by atoms with Gasteiger partial charge in [-0.1, -0.05) is 35.3 Å². The number of carboxylic acids is 2. The highest BCUT2D eigenvalue weighted by atomic mass is 35.5. The number of aliphatic imine (C=N–C) groups is 2. The Morgan fingerprint density at radius 1 is 0.632 bits per heavy atom. The number of hydrogen-bond acceptors (Lipinski definition) is 20. The molecular weight excluding hydrogens is 1220 g/mol. The van der Waals surface area contributed by atoms with E-state index in [4.69, 9.17) is 103 Å². The molecule has 0 amide bonds. The fourth-order valence-corrected chi connectivity index (χ4v) is 10.8. The van der Waals surface area contributed by atoms with Crippen molar-refractivity contribution >= 4 is 157 Å². The first-order valence-electron chi connectivity index (χ1n) is 26.1. The Balaban J connectivity index is 0.000000215. The topological polar surface area (TPSA) is 269 Å². The molecule has 0 bridgehead atoms. The number of esters is 2. The van der Waals surface area contributed by atoms with Crippen molar-refractivity contribution in [2.24, 2.45) is 21.8 Å². The molecule has 2 fully saturated rings. The molecule has 5 N–H and O–H groups in total. The summed E-state index contributed by atoms with van der Waals surface area (Å²) in [5, 5.41) is 32.9. The summed E-state index contributed by atoms with van der Waals surface area (Å²) in [5.74, 6) is -2.56. The van der Waals surface area contributed by atoms with Gasteiger partial charge in [-0.3, -0.25) is 14.4 Å². The number of carbonyl (C=O) groups is 4. The first-order valence-corrected chi connectivity index (χ1v) is 29.0. The highest BCUT2D eigenvalue weighted by Crippen LogP contribution is 2.42. The molecule has 20 nitrogen and oxygen atoms in total. The van der Waals surface area contributed by atoms with Crippen molar-refractivity contribution in [2.45, 2.75) is 37.8 Å². The number of nitrogens with one attached hydrogen (secondary N) is 3. The zero-order valence-corrected chi connectivity index (χ0v) is 50.5. The molecule has 438 valence electrons.